The van der Waals surface area contributed by atoms with E-state index in [0.29, 0.717) is 17.1 Å². The van der Waals surface area contributed by atoms with Crippen LogP contribution < -0.4 is 0 Å². The number of hydrogen-bond donors (Lipinski definition) is 0. The molecule has 0 spiro atoms. The molecule has 6 nitrogen and oxygen atoms in total. The zero-order valence-electron chi connectivity index (χ0n) is 14.6. The van der Waals surface area contributed by atoms with Crippen LogP contribution in [-0.2, 0) is 20.9 Å². The van der Waals surface area contributed by atoms with Crippen molar-refractivity contribution in [3.05, 3.63) is 35.6 Å². The van der Waals surface area contributed by atoms with E-state index in [1.165, 1.54) is 0 Å². The molecule has 0 aliphatic carbocycles. The summed E-state index contributed by atoms with van der Waals surface area (Å²) in [4.78, 5) is 26.4. The first-order chi connectivity index (χ1) is 12.1. The number of benzene rings is 1. The number of carbonyl (C=O) groups is 2. The van der Waals surface area contributed by atoms with Crippen molar-refractivity contribution in [3.63, 3.8) is 0 Å². The highest BCUT2D eigenvalue weighted by atomic mass is 16.5. The van der Waals surface area contributed by atoms with Gasteiger partial charge in [0.1, 0.15) is 5.58 Å². The van der Waals surface area contributed by atoms with E-state index in [9.17, 15) is 9.59 Å². The first-order valence-corrected chi connectivity index (χ1v) is 8.54. The van der Waals surface area contributed by atoms with Crippen molar-refractivity contribution >= 4 is 22.8 Å². The molecule has 0 radical (unpaired) electrons. The Balaban J connectivity index is 1.69. The molecular formula is C19H23NO5. The molecule has 1 atom stereocenters. The number of ether oxygens (including phenoxy) is 2. The summed E-state index contributed by atoms with van der Waals surface area (Å²) in [5, 5.41) is 0.812. The number of nitrogens with zero attached hydrogens (tertiary/aromatic N) is 1. The zero-order chi connectivity index (χ0) is 17.8. The van der Waals surface area contributed by atoms with Crippen molar-refractivity contribution in [3.8, 4) is 0 Å². The third-order valence-electron chi connectivity index (χ3n) is 4.51. The lowest BCUT2D eigenvalue weighted by Gasteiger charge is -2.30. The summed E-state index contributed by atoms with van der Waals surface area (Å²) in [6.07, 6.45) is 2.12. The lowest BCUT2D eigenvalue weighted by molar-refractivity contribution is -0.136. The third-order valence-corrected chi connectivity index (χ3v) is 4.51. The summed E-state index contributed by atoms with van der Waals surface area (Å²) in [6, 6.07) is 7.35. The predicted molar refractivity (Wildman–Crippen MR) is 92.2 cm³/mol. The molecule has 1 aromatic heterocycles. The van der Waals surface area contributed by atoms with Crippen LogP contribution in [-0.4, -0.2) is 43.6 Å². The van der Waals surface area contributed by atoms with E-state index in [0.717, 1.165) is 31.3 Å². The van der Waals surface area contributed by atoms with Crippen LogP contribution in [0.4, 0.5) is 0 Å². The Morgan fingerprint density at radius 3 is 2.88 bits per heavy atom. The minimum absolute atomic E-state index is 0.0999. The van der Waals surface area contributed by atoms with Gasteiger partial charge in [0.05, 0.1) is 6.61 Å². The van der Waals surface area contributed by atoms with Crippen molar-refractivity contribution in [1.29, 1.82) is 0 Å². The Bertz CT molecular complexity index is 766. The van der Waals surface area contributed by atoms with Gasteiger partial charge in [0.25, 0.3) is 5.91 Å². The molecule has 0 saturated carbocycles. The monoisotopic (exact) mass is 345 g/mol. The molecule has 1 fully saturated rings. The van der Waals surface area contributed by atoms with E-state index in [1.807, 2.05) is 18.2 Å². The summed E-state index contributed by atoms with van der Waals surface area (Å²) in [5.74, 6) is -0.217. The number of amides is 1. The second kappa shape index (κ2) is 7.70. The summed E-state index contributed by atoms with van der Waals surface area (Å²) < 4.78 is 16.0. The summed E-state index contributed by atoms with van der Waals surface area (Å²) in [6.45, 7) is 3.53. The number of esters is 1. The van der Waals surface area contributed by atoms with Crippen molar-refractivity contribution in [2.45, 2.75) is 26.4 Å². The van der Waals surface area contributed by atoms with Gasteiger partial charge in [0.15, 0.2) is 6.61 Å². The Morgan fingerprint density at radius 2 is 2.12 bits per heavy atom. The predicted octanol–water partition coefficient (Wildman–Crippen LogP) is 2.99. The summed E-state index contributed by atoms with van der Waals surface area (Å²) in [7, 11) is 1.55. The van der Waals surface area contributed by atoms with Crippen LogP contribution in [0.5, 0.6) is 0 Å². The maximum absolute atomic E-state index is 12.4. The first kappa shape index (κ1) is 17.5. The van der Waals surface area contributed by atoms with Gasteiger partial charge in [-0.2, -0.15) is 0 Å². The SMILES string of the molecule is COCc1c(C(=O)OCC(=O)N2CCC[C@@H](C)C2)oc2ccccc12. The number of methoxy groups -OCH3 is 1. The lowest BCUT2D eigenvalue weighted by Crippen LogP contribution is -2.41. The maximum atomic E-state index is 12.4. The van der Waals surface area contributed by atoms with Crippen LogP contribution >= 0.6 is 0 Å². The zero-order valence-corrected chi connectivity index (χ0v) is 14.6. The number of likely N-dealkylation sites (tertiary alicyclic amines) is 1. The van der Waals surface area contributed by atoms with E-state index in [2.05, 4.69) is 6.92 Å². The number of carbonyl (C=O) groups excluding carboxylic acids is 2. The van der Waals surface area contributed by atoms with Gasteiger partial charge in [-0.25, -0.2) is 4.79 Å². The standard InChI is InChI=1S/C19H23NO5/c1-13-6-5-9-20(10-13)17(21)12-24-19(22)18-15(11-23-2)14-7-3-4-8-16(14)25-18/h3-4,7-8,13H,5-6,9-12H2,1-2H3/t13-/m1/s1. The largest absolute Gasteiger partial charge is 0.450 e. The molecule has 0 N–H and O–H groups in total. The van der Waals surface area contributed by atoms with Gasteiger partial charge in [-0.3, -0.25) is 4.79 Å². The summed E-state index contributed by atoms with van der Waals surface area (Å²) >= 11 is 0. The van der Waals surface area contributed by atoms with E-state index in [4.69, 9.17) is 13.9 Å². The Kier molecular flexibility index (Phi) is 5.38. The fourth-order valence-electron chi connectivity index (χ4n) is 3.25. The first-order valence-electron chi connectivity index (χ1n) is 8.54. The smallest absolute Gasteiger partial charge is 0.375 e. The highest BCUT2D eigenvalue weighted by molar-refractivity contribution is 5.96. The average molecular weight is 345 g/mol. The molecule has 1 amide bonds. The normalized spacial score (nSPS) is 17.7. The molecule has 3 rings (SSSR count). The van der Waals surface area contributed by atoms with Gasteiger partial charge in [0, 0.05) is 31.1 Å². The highest BCUT2D eigenvalue weighted by Crippen LogP contribution is 2.27. The van der Waals surface area contributed by atoms with Gasteiger partial charge in [0.2, 0.25) is 5.76 Å². The number of rotatable bonds is 5. The lowest BCUT2D eigenvalue weighted by atomic mass is 10.0. The van der Waals surface area contributed by atoms with E-state index in [-0.39, 0.29) is 24.9 Å². The molecule has 0 unspecified atom stereocenters. The number of furan rings is 1. The van der Waals surface area contributed by atoms with Gasteiger partial charge in [-0.1, -0.05) is 25.1 Å². The van der Waals surface area contributed by atoms with Crippen molar-refractivity contribution in [2.75, 3.05) is 26.8 Å². The van der Waals surface area contributed by atoms with Crippen LogP contribution in [0.3, 0.4) is 0 Å². The molecule has 134 valence electrons. The Morgan fingerprint density at radius 1 is 1.32 bits per heavy atom. The van der Waals surface area contributed by atoms with E-state index < -0.39 is 5.97 Å². The fourth-order valence-corrected chi connectivity index (χ4v) is 3.25. The molecule has 6 heteroatoms. The number of fused-ring (bicyclic) bond motifs is 1. The minimum atomic E-state index is -0.637. The van der Waals surface area contributed by atoms with Crippen molar-refractivity contribution in [1.82, 2.24) is 4.90 Å². The van der Waals surface area contributed by atoms with E-state index in [1.54, 1.807) is 18.1 Å². The average Bonchev–Trinajstić information content (AvgIpc) is 2.98. The molecule has 0 bridgehead atoms. The number of hydrogen-bond acceptors (Lipinski definition) is 5. The van der Waals surface area contributed by atoms with Crippen LogP contribution in [0, 0.1) is 5.92 Å². The molecule has 2 heterocycles. The summed E-state index contributed by atoms with van der Waals surface area (Å²) in [5.41, 5.74) is 1.24. The Hall–Kier alpha value is -2.34. The quantitative estimate of drug-likeness (QED) is 0.779. The van der Waals surface area contributed by atoms with Gasteiger partial charge < -0.3 is 18.8 Å². The highest BCUT2D eigenvalue weighted by Gasteiger charge is 2.25. The molecule has 1 aliphatic rings. The van der Waals surface area contributed by atoms with Gasteiger partial charge in [-0.15, -0.1) is 0 Å². The third kappa shape index (κ3) is 3.85. The van der Waals surface area contributed by atoms with Gasteiger partial charge in [-0.05, 0) is 24.8 Å². The maximum Gasteiger partial charge on any atom is 0.375 e. The second-order valence-corrected chi connectivity index (χ2v) is 6.50. The molecular weight excluding hydrogens is 322 g/mol. The second-order valence-electron chi connectivity index (χ2n) is 6.50. The Labute approximate surface area is 146 Å². The molecule has 2 aromatic rings. The van der Waals surface area contributed by atoms with Crippen LogP contribution in [0.15, 0.2) is 28.7 Å². The molecule has 1 aromatic carbocycles. The molecule has 25 heavy (non-hydrogen) atoms. The van der Waals surface area contributed by atoms with Crippen molar-refractivity contribution in [2.24, 2.45) is 5.92 Å². The minimum Gasteiger partial charge on any atom is -0.450 e. The van der Waals surface area contributed by atoms with Crippen molar-refractivity contribution < 1.29 is 23.5 Å². The number of piperidine rings is 1. The molecule has 1 saturated heterocycles. The van der Waals surface area contributed by atoms with Crippen LogP contribution in [0.25, 0.3) is 11.0 Å². The van der Waals surface area contributed by atoms with Gasteiger partial charge >= 0.3 is 5.97 Å². The van der Waals surface area contributed by atoms with Crippen LogP contribution in [0.2, 0.25) is 0 Å². The van der Waals surface area contributed by atoms with Crippen LogP contribution in [0.1, 0.15) is 35.9 Å². The molecule has 1 aliphatic heterocycles. The topological polar surface area (TPSA) is 69.0 Å². The number of para-hydroxylation sites is 1. The fraction of sp³-hybridized carbons (Fsp3) is 0.474. The van der Waals surface area contributed by atoms with E-state index >= 15 is 0 Å².